The first-order valence-corrected chi connectivity index (χ1v) is 16.7. The molecule has 0 bridgehead atoms. The van der Waals surface area contributed by atoms with Crippen LogP contribution in [0.15, 0.2) is 128 Å². The monoisotopic (exact) mass is 668 g/mol. The van der Waals surface area contributed by atoms with Crippen LogP contribution in [0.25, 0.3) is 11.3 Å². The minimum Gasteiger partial charge on any atom is -0.454 e. The van der Waals surface area contributed by atoms with Gasteiger partial charge in [0.05, 0.1) is 11.4 Å². The standard InChI is InChI=1S/C43H42F2N4O/c1-42(2,3)29-18-20-46-39(22-29)36-27-40(38(45)28-37(36)44)50-35-25-33(48(7)41-23-30(19-21-47-41)43(4,5)6)24-34(26-35)49(31-14-10-8-11-15-31)32-16-12-9-13-17-32/h8-28H,1-7H3. The van der Waals surface area contributed by atoms with E-state index in [4.69, 9.17) is 4.74 Å². The van der Waals surface area contributed by atoms with Gasteiger partial charge < -0.3 is 14.5 Å². The number of aromatic nitrogens is 2. The highest BCUT2D eigenvalue weighted by molar-refractivity contribution is 5.80. The molecule has 0 amide bonds. The van der Waals surface area contributed by atoms with Gasteiger partial charge in [-0.15, -0.1) is 0 Å². The van der Waals surface area contributed by atoms with Gasteiger partial charge in [-0.1, -0.05) is 77.9 Å². The van der Waals surface area contributed by atoms with E-state index in [1.165, 1.54) is 6.07 Å². The van der Waals surface area contributed by atoms with Gasteiger partial charge in [0.25, 0.3) is 0 Å². The van der Waals surface area contributed by atoms with Crippen LogP contribution in [-0.4, -0.2) is 17.0 Å². The molecule has 0 aliphatic heterocycles. The molecular formula is C43H42F2N4O. The molecule has 0 atom stereocenters. The first-order chi connectivity index (χ1) is 23.8. The fourth-order valence-electron chi connectivity index (χ4n) is 5.73. The van der Waals surface area contributed by atoms with E-state index in [9.17, 15) is 0 Å². The normalized spacial score (nSPS) is 11.7. The van der Waals surface area contributed by atoms with Crippen molar-refractivity contribution >= 4 is 28.6 Å². The topological polar surface area (TPSA) is 41.5 Å². The molecule has 6 rings (SSSR count). The van der Waals surface area contributed by atoms with Crippen molar-refractivity contribution < 1.29 is 13.5 Å². The van der Waals surface area contributed by atoms with Crippen LogP contribution in [0.3, 0.4) is 0 Å². The van der Waals surface area contributed by atoms with Crippen molar-refractivity contribution in [2.45, 2.75) is 52.4 Å². The summed E-state index contributed by atoms with van der Waals surface area (Å²) in [6.07, 6.45) is 3.46. The number of pyridine rings is 2. The predicted octanol–water partition coefficient (Wildman–Crippen LogP) is 12.0. The molecule has 4 aromatic carbocycles. The van der Waals surface area contributed by atoms with Crippen LogP contribution in [0.1, 0.15) is 52.7 Å². The van der Waals surface area contributed by atoms with Gasteiger partial charge in [-0.05, 0) is 82.6 Å². The Morgan fingerprint density at radius 1 is 0.560 bits per heavy atom. The van der Waals surface area contributed by atoms with Gasteiger partial charge in [0.1, 0.15) is 17.4 Å². The lowest BCUT2D eigenvalue weighted by atomic mass is 9.87. The Labute approximate surface area is 293 Å². The third-order valence-corrected chi connectivity index (χ3v) is 8.66. The summed E-state index contributed by atoms with van der Waals surface area (Å²) in [7, 11) is 1.94. The van der Waals surface area contributed by atoms with Crippen LogP contribution in [-0.2, 0) is 10.8 Å². The lowest BCUT2D eigenvalue weighted by Crippen LogP contribution is -2.16. The van der Waals surface area contributed by atoms with Gasteiger partial charge in [-0.2, -0.15) is 0 Å². The van der Waals surface area contributed by atoms with Crippen LogP contribution >= 0.6 is 0 Å². The molecule has 2 heterocycles. The van der Waals surface area contributed by atoms with E-state index in [-0.39, 0.29) is 22.1 Å². The fraction of sp³-hybridized carbons (Fsp3) is 0.209. The smallest absolute Gasteiger partial charge is 0.168 e. The van der Waals surface area contributed by atoms with E-state index < -0.39 is 11.6 Å². The van der Waals surface area contributed by atoms with Gasteiger partial charge >= 0.3 is 0 Å². The molecule has 5 nitrogen and oxygen atoms in total. The molecule has 0 saturated heterocycles. The summed E-state index contributed by atoms with van der Waals surface area (Å²) in [5.41, 5.74) is 5.81. The zero-order chi connectivity index (χ0) is 35.6. The van der Waals surface area contributed by atoms with Crippen LogP contribution in [0.2, 0.25) is 0 Å². The molecule has 0 aliphatic rings. The first kappa shape index (κ1) is 34.3. The van der Waals surface area contributed by atoms with Crippen molar-refractivity contribution in [3.8, 4) is 22.8 Å². The second-order valence-electron chi connectivity index (χ2n) is 14.4. The van der Waals surface area contributed by atoms with E-state index >= 15 is 8.78 Å². The number of hydrogen-bond donors (Lipinski definition) is 0. The third kappa shape index (κ3) is 7.52. The molecule has 2 aromatic heterocycles. The molecule has 7 heteroatoms. The summed E-state index contributed by atoms with van der Waals surface area (Å²) in [6.45, 7) is 12.7. The van der Waals surface area contributed by atoms with Crippen LogP contribution in [0.5, 0.6) is 11.5 Å². The third-order valence-electron chi connectivity index (χ3n) is 8.66. The summed E-state index contributed by atoms with van der Waals surface area (Å²) in [5, 5.41) is 0. The molecule has 50 heavy (non-hydrogen) atoms. The SMILES string of the molecule is CN(c1cc(Oc2cc(-c3cc(C(C)(C)C)ccn3)c(F)cc2F)cc(N(c2ccccc2)c2ccccc2)c1)c1cc(C(C)(C)C)ccn1. The van der Waals surface area contributed by atoms with Gasteiger partial charge in [0.15, 0.2) is 11.6 Å². The molecule has 6 aromatic rings. The highest BCUT2D eigenvalue weighted by Crippen LogP contribution is 2.42. The van der Waals surface area contributed by atoms with Crippen molar-refractivity contribution in [3.05, 3.63) is 150 Å². The molecule has 254 valence electrons. The van der Waals surface area contributed by atoms with Crippen molar-refractivity contribution in [1.82, 2.24) is 9.97 Å². The van der Waals surface area contributed by atoms with Crippen LogP contribution in [0, 0.1) is 11.6 Å². The number of ether oxygens (including phenoxy) is 1. The average molecular weight is 669 g/mol. The molecule has 0 aliphatic carbocycles. The maximum atomic E-state index is 15.6. The number of para-hydroxylation sites is 2. The summed E-state index contributed by atoms with van der Waals surface area (Å²) >= 11 is 0. The molecule has 0 N–H and O–H groups in total. The van der Waals surface area contributed by atoms with E-state index in [0.717, 1.165) is 45.8 Å². The number of halogens is 2. The zero-order valence-electron chi connectivity index (χ0n) is 29.6. The van der Waals surface area contributed by atoms with Crippen molar-refractivity contribution in [3.63, 3.8) is 0 Å². The summed E-state index contributed by atoms with van der Waals surface area (Å²) in [4.78, 5) is 13.2. The lowest BCUT2D eigenvalue weighted by Gasteiger charge is -2.28. The van der Waals surface area contributed by atoms with Gasteiger partial charge in [-0.25, -0.2) is 13.8 Å². The Balaban J connectivity index is 1.50. The Morgan fingerprint density at radius 2 is 1.12 bits per heavy atom. The van der Waals surface area contributed by atoms with E-state index in [0.29, 0.717) is 11.4 Å². The number of nitrogens with zero attached hydrogens (tertiary/aromatic N) is 4. The van der Waals surface area contributed by atoms with Crippen molar-refractivity contribution in [1.29, 1.82) is 0 Å². The minimum atomic E-state index is -0.818. The van der Waals surface area contributed by atoms with Gasteiger partial charge in [-0.3, -0.25) is 4.98 Å². The summed E-state index contributed by atoms with van der Waals surface area (Å²) in [6, 6.07) is 35.8. The second kappa shape index (κ2) is 13.7. The highest BCUT2D eigenvalue weighted by atomic mass is 19.1. The number of hydrogen-bond acceptors (Lipinski definition) is 5. The van der Waals surface area contributed by atoms with E-state index in [2.05, 4.69) is 62.5 Å². The molecule has 0 fully saturated rings. The van der Waals surface area contributed by atoms with E-state index in [1.807, 2.05) is 115 Å². The maximum Gasteiger partial charge on any atom is 0.168 e. The molecule has 0 unspecified atom stereocenters. The molecule has 0 spiro atoms. The van der Waals surface area contributed by atoms with Gasteiger partial charge in [0.2, 0.25) is 0 Å². The van der Waals surface area contributed by atoms with Crippen molar-refractivity contribution in [2.24, 2.45) is 0 Å². The van der Waals surface area contributed by atoms with E-state index in [1.54, 1.807) is 6.20 Å². The molecule has 0 saturated carbocycles. The number of anilines is 5. The molecular weight excluding hydrogens is 626 g/mol. The largest absolute Gasteiger partial charge is 0.454 e. The summed E-state index contributed by atoms with van der Waals surface area (Å²) < 4.78 is 37.2. The average Bonchev–Trinajstić information content (AvgIpc) is 3.09. The zero-order valence-corrected chi connectivity index (χ0v) is 29.6. The first-order valence-electron chi connectivity index (χ1n) is 16.7. The Bertz CT molecular complexity index is 2070. The summed E-state index contributed by atoms with van der Waals surface area (Å²) in [5.74, 6) is -0.547. The Morgan fingerprint density at radius 3 is 1.72 bits per heavy atom. The Hall–Kier alpha value is -5.56. The molecule has 0 radical (unpaired) electrons. The van der Waals surface area contributed by atoms with Gasteiger partial charge in [0, 0.05) is 60.3 Å². The number of rotatable bonds is 8. The van der Waals surface area contributed by atoms with Crippen LogP contribution in [0.4, 0.5) is 37.3 Å². The maximum absolute atomic E-state index is 15.6. The lowest BCUT2D eigenvalue weighted by molar-refractivity contribution is 0.438. The fourth-order valence-corrected chi connectivity index (χ4v) is 5.73. The predicted molar refractivity (Wildman–Crippen MR) is 200 cm³/mol. The highest BCUT2D eigenvalue weighted by Gasteiger charge is 2.22. The van der Waals surface area contributed by atoms with Crippen molar-refractivity contribution in [2.75, 3.05) is 16.8 Å². The second-order valence-corrected chi connectivity index (χ2v) is 14.4. The quantitative estimate of drug-likeness (QED) is 0.161. The Kier molecular flexibility index (Phi) is 9.43. The number of benzene rings is 4. The minimum absolute atomic E-state index is 0.0782. The van der Waals surface area contributed by atoms with Crippen LogP contribution < -0.4 is 14.5 Å².